The second-order valence-electron chi connectivity index (χ2n) is 6.12. The lowest BCUT2D eigenvalue weighted by atomic mass is 9.77. The number of thiophene rings is 1. The van der Waals surface area contributed by atoms with Crippen LogP contribution in [-0.4, -0.2) is 37.1 Å². The molecule has 3 rings (SSSR count). The van der Waals surface area contributed by atoms with Gasteiger partial charge in [-0.1, -0.05) is 24.3 Å². The van der Waals surface area contributed by atoms with Crippen LogP contribution in [0.15, 0.2) is 41.8 Å². The number of nitrogens with zero attached hydrogens (tertiary/aromatic N) is 2. The number of carbonyl (C=O) groups is 2. The van der Waals surface area contributed by atoms with Crippen LogP contribution in [0.4, 0.5) is 10.5 Å². The summed E-state index contributed by atoms with van der Waals surface area (Å²) in [5.74, 6) is -1.31. The summed E-state index contributed by atoms with van der Waals surface area (Å²) >= 11 is 1.31. The van der Waals surface area contributed by atoms with Crippen molar-refractivity contribution in [3.8, 4) is 0 Å². The largest absolute Gasteiger partial charge is 0.450 e. The third-order valence-electron chi connectivity index (χ3n) is 4.65. The zero-order valence-corrected chi connectivity index (χ0v) is 15.7. The number of carbonyl (C=O) groups excluding carboxylic acids is 2. The Kier molecular flexibility index (Phi) is 5.13. The molecule has 27 heavy (non-hydrogen) atoms. The summed E-state index contributed by atoms with van der Waals surface area (Å²) in [6, 6.07) is 10.5. The molecule has 9 heteroatoms. The first kappa shape index (κ1) is 18.8. The Morgan fingerprint density at radius 3 is 2.74 bits per heavy atom. The van der Waals surface area contributed by atoms with Crippen molar-refractivity contribution in [2.24, 2.45) is 0 Å². The van der Waals surface area contributed by atoms with E-state index in [9.17, 15) is 19.7 Å². The highest BCUT2D eigenvalue weighted by molar-refractivity contribution is 7.10. The molecule has 1 N–H and O–H groups in total. The molecular formula is C18H19N3O5S. The van der Waals surface area contributed by atoms with Gasteiger partial charge in [-0.25, -0.2) is 4.79 Å². The van der Waals surface area contributed by atoms with Crippen LogP contribution in [0.1, 0.15) is 23.3 Å². The maximum absolute atomic E-state index is 13.4. The number of hydrogen-bond donors (Lipinski definition) is 1. The summed E-state index contributed by atoms with van der Waals surface area (Å²) < 4.78 is 5.01. The van der Waals surface area contributed by atoms with Gasteiger partial charge >= 0.3 is 6.09 Å². The quantitative estimate of drug-likeness (QED) is 0.605. The van der Waals surface area contributed by atoms with E-state index in [1.165, 1.54) is 16.2 Å². The maximum atomic E-state index is 13.4. The first-order chi connectivity index (χ1) is 12.9. The molecule has 0 fully saturated rings. The summed E-state index contributed by atoms with van der Waals surface area (Å²) in [5, 5.41) is 15.9. The Hall–Kier alpha value is -2.94. The van der Waals surface area contributed by atoms with Gasteiger partial charge in [-0.2, -0.15) is 0 Å². The Bertz CT molecular complexity index is 870. The van der Waals surface area contributed by atoms with Gasteiger partial charge in [-0.05, 0) is 24.4 Å². The summed E-state index contributed by atoms with van der Waals surface area (Å²) in [5.41, 5.74) is -0.495. The number of para-hydroxylation sites is 1. The van der Waals surface area contributed by atoms with E-state index in [2.05, 4.69) is 5.32 Å². The summed E-state index contributed by atoms with van der Waals surface area (Å²) in [4.78, 5) is 38.8. The van der Waals surface area contributed by atoms with E-state index in [1.807, 2.05) is 0 Å². The highest BCUT2D eigenvalue weighted by atomic mass is 32.1. The van der Waals surface area contributed by atoms with Gasteiger partial charge in [0.15, 0.2) is 5.54 Å². The maximum Gasteiger partial charge on any atom is 0.408 e. The molecule has 2 heterocycles. The van der Waals surface area contributed by atoms with Crippen molar-refractivity contribution in [3.63, 3.8) is 0 Å². The van der Waals surface area contributed by atoms with E-state index < -0.39 is 34.9 Å². The van der Waals surface area contributed by atoms with Gasteiger partial charge in [0.1, 0.15) is 0 Å². The topological polar surface area (TPSA) is 102 Å². The molecule has 142 valence electrons. The van der Waals surface area contributed by atoms with Gasteiger partial charge in [0.25, 0.3) is 5.91 Å². The highest BCUT2D eigenvalue weighted by Crippen LogP contribution is 2.48. The molecule has 1 aromatic carbocycles. The monoisotopic (exact) mass is 389 g/mol. The number of fused-ring (bicyclic) bond motifs is 1. The minimum absolute atomic E-state index is 0.118. The number of hydrogen-bond acceptors (Lipinski definition) is 6. The molecule has 0 saturated heterocycles. The van der Waals surface area contributed by atoms with Crippen molar-refractivity contribution >= 4 is 29.0 Å². The molecule has 0 aliphatic carbocycles. The fourth-order valence-electron chi connectivity index (χ4n) is 3.54. The lowest BCUT2D eigenvalue weighted by Crippen LogP contribution is -2.57. The van der Waals surface area contributed by atoms with Gasteiger partial charge < -0.3 is 15.0 Å². The zero-order chi connectivity index (χ0) is 19.6. The van der Waals surface area contributed by atoms with Crippen LogP contribution in [0.25, 0.3) is 0 Å². The normalized spacial score (nSPS) is 19.5. The van der Waals surface area contributed by atoms with Crippen molar-refractivity contribution in [2.45, 2.75) is 18.4 Å². The van der Waals surface area contributed by atoms with E-state index in [4.69, 9.17) is 4.74 Å². The van der Waals surface area contributed by atoms with E-state index in [1.54, 1.807) is 55.7 Å². The van der Waals surface area contributed by atoms with E-state index >= 15 is 0 Å². The zero-order valence-electron chi connectivity index (χ0n) is 14.9. The lowest BCUT2D eigenvalue weighted by molar-refractivity contribution is -0.485. The van der Waals surface area contributed by atoms with E-state index in [0.29, 0.717) is 16.1 Å². The molecule has 2 atom stereocenters. The predicted octanol–water partition coefficient (Wildman–Crippen LogP) is 2.73. The molecule has 0 saturated carbocycles. The van der Waals surface area contributed by atoms with Gasteiger partial charge in [0.05, 0.1) is 12.5 Å². The van der Waals surface area contributed by atoms with Crippen molar-refractivity contribution in [2.75, 3.05) is 25.1 Å². The van der Waals surface area contributed by atoms with Crippen LogP contribution < -0.4 is 10.2 Å². The fourth-order valence-corrected chi connectivity index (χ4v) is 4.43. The van der Waals surface area contributed by atoms with Crippen molar-refractivity contribution in [1.29, 1.82) is 0 Å². The van der Waals surface area contributed by atoms with Gasteiger partial charge in [-0.3, -0.25) is 14.9 Å². The first-order valence-corrected chi connectivity index (χ1v) is 9.27. The SMILES string of the molecule is CCOC(=O)N[C@@]1([C@@H](C[N+](=O)[O-])c2cccs2)C(=O)N(C)c2ccccc21. The number of likely N-dealkylation sites (N-methyl/N-ethyl adjacent to an activating group) is 1. The Morgan fingerprint density at radius 1 is 1.37 bits per heavy atom. The average Bonchev–Trinajstić information content (AvgIpc) is 3.23. The number of benzene rings is 1. The molecular weight excluding hydrogens is 370 g/mol. The first-order valence-electron chi connectivity index (χ1n) is 8.39. The molecule has 8 nitrogen and oxygen atoms in total. The Balaban J connectivity index is 2.23. The molecule has 1 aliphatic rings. The molecule has 0 bridgehead atoms. The number of rotatable bonds is 6. The molecule has 2 aromatic rings. The van der Waals surface area contributed by atoms with Crippen molar-refractivity contribution < 1.29 is 19.2 Å². The second-order valence-corrected chi connectivity index (χ2v) is 7.10. The number of anilines is 1. The van der Waals surface area contributed by atoms with E-state index in [0.717, 1.165) is 0 Å². The summed E-state index contributed by atoms with van der Waals surface area (Å²) in [6.45, 7) is 1.25. The van der Waals surface area contributed by atoms with Crippen LogP contribution in [0.3, 0.4) is 0 Å². The van der Waals surface area contributed by atoms with Crippen molar-refractivity contribution in [1.82, 2.24) is 5.32 Å². The van der Waals surface area contributed by atoms with E-state index in [-0.39, 0.29) is 6.61 Å². The summed E-state index contributed by atoms with van der Waals surface area (Å²) in [7, 11) is 1.59. The van der Waals surface area contributed by atoms with Crippen molar-refractivity contribution in [3.05, 3.63) is 62.3 Å². The minimum atomic E-state index is -1.62. The number of amides is 2. The van der Waals surface area contributed by atoms with Gasteiger partial charge in [0.2, 0.25) is 6.54 Å². The van der Waals surface area contributed by atoms with Crippen LogP contribution in [0.2, 0.25) is 0 Å². The highest BCUT2D eigenvalue weighted by Gasteiger charge is 2.58. The molecule has 1 aliphatic heterocycles. The molecule has 0 unspecified atom stereocenters. The standard InChI is InChI=1S/C18H19N3O5S/c1-3-26-17(23)19-18(13(11-21(24)25)15-9-6-10-27-15)12-7-4-5-8-14(12)20(2)16(18)22/h4-10,13H,3,11H2,1-2H3,(H,19,23)/t13-,18-/m0/s1. The third-order valence-corrected chi connectivity index (χ3v) is 5.63. The third kappa shape index (κ3) is 3.14. The number of nitro groups is 1. The minimum Gasteiger partial charge on any atom is -0.450 e. The number of ether oxygens (including phenoxy) is 1. The predicted molar refractivity (Wildman–Crippen MR) is 101 cm³/mol. The van der Waals surface area contributed by atoms with Crippen LogP contribution >= 0.6 is 11.3 Å². The van der Waals surface area contributed by atoms with Crippen LogP contribution in [0.5, 0.6) is 0 Å². The molecule has 0 spiro atoms. The Labute approximate surface area is 159 Å². The summed E-state index contributed by atoms with van der Waals surface area (Å²) in [6.07, 6.45) is -0.791. The van der Waals surface area contributed by atoms with Crippen LogP contribution in [-0.2, 0) is 15.1 Å². The fraction of sp³-hybridized carbons (Fsp3) is 0.333. The molecule has 0 radical (unpaired) electrons. The van der Waals surface area contributed by atoms with Gasteiger partial charge in [-0.15, -0.1) is 11.3 Å². The Morgan fingerprint density at radius 2 is 2.11 bits per heavy atom. The molecule has 2 amide bonds. The van der Waals surface area contributed by atoms with Crippen LogP contribution in [0, 0.1) is 10.1 Å². The average molecular weight is 389 g/mol. The smallest absolute Gasteiger partial charge is 0.408 e. The molecule has 1 aromatic heterocycles. The number of nitrogens with one attached hydrogen (secondary N) is 1. The van der Waals surface area contributed by atoms with Gasteiger partial charge in [0, 0.05) is 28.1 Å². The number of alkyl carbamates (subject to hydrolysis) is 1. The second kappa shape index (κ2) is 7.36. The lowest BCUT2D eigenvalue weighted by Gasteiger charge is -2.34.